The number of hydrogen-bond donors (Lipinski definition) is 2. The van der Waals surface area contributed by atoms with Crippen LogP contribution in [-0.4, -0.2) is 48.4 Å². The van der Waals surface area contributed by atoms with Crippen molar-refractivity contribution in [1.29, 1.82) is 0 Å². The first-order chi connectivity index (χ1) is 15.4. The second kappa shape index (κ2) is 11.3. The summed E-state index contributed by atoms with van der Waals surface area (Å²) in [5.41, 5.74) is 2.40. The molecule has 2 N–H and O–H groups in total. The van der Waals surface area contributed by atoms with E-state index in [0.717, 1.165) is 12.8 Å². The van der Waals surface area contributed by atoms with E-state index >= 15 is 0 Å². The van der Waals surface area contributed by atoms with Crippen molar-refractivity contribution >= 4 is 23.4 Å². The van der Waals surface area contributed by atoms with Crippen molar-refractivity contribution in [3.8, 4) is 5.75 Å². The van der Waals surface area contributed by atoms with Crippen molar-refractivity contribution in [3.63, 3.8) is 0 Å². The van der Waals surface area contributed by atoms with Crippen LogP contribution in [0.4, 0.5) is 5.69 Å². The molecule has 7 nitrogen and oxygen atoms in total. The molecule has 0 aliphatic carbocycles. The van der Waals surface area contributed by atoms with Crippen molar-refractivity contribution in [3.05, 3.63) is 59.7 Å². The lowest BCUT2D eigenvalue weighted by Gasteiger charge is -2.32. The minimum atomic E-state index is -0.177. The molecule has 0 atom stereocenters. The Hall–Kier alpha value is -3.35. The zero-order valence-corrected chi connectivity index (χ0v) is 18.7. The Bertz CT molecular complexity index is 934. The van der Waals surface area contributed by atoms with Crippen molar-refractivity contribution in [2.75, 3.05) is 25.0 Å². The highest BCUT2D eigenvalue weighted by molar-refractivity contribution is 5.96. The van der Waals surface area contributed by atoms with Gasteiger partial charge in [0.2, 0.25) is 5.91 Å². The van der Waals surface area contributed by atoms with Crippen molar-refractivity contribution < 1.29 is 19.1 Å². The molecule has 0 saturated carbocycles. The van der Waals surface area contributed by atoms with Crippen LogP contribution in [0.2, 0.25) is 0 Å². The largest absolute Gasteiger partial charge is 0.484 e. The summed E-state index contributed by atoms with van der Waals surface area (Å²) in [5.74, 6) is 0.276. The number of nitrogens with one attached hydrogen (secondary N) is 2. The number of piperidine rings is 1. The second-order valence-corrected chi connectivity index (χ2v) is 8.08. The minimum absolute atomic E-state index is 0.0211. The molecule has 170 valence electrons. The molecule has 1 saturated heterocycles. The lowest BCUT2D eigenvalue weighted by molar-refractivity contribution is -0.124. The number of anilines is 1. The Balaban J connectivity index is 1.42. The zero-order chi connectivity index (χ0) is 22.9. The fourth-order valence-electron chi connectivity index (χ4n) is 3.80. The molecule has 0 radical (unpaired) electrons. The van der Waals surface area contributed by atoms with E-state index in [9.17, 15) is 14.4 Å². The number of nitrogens with zero attached hydrogens (tertiary/aromatic N) is 1. The molecule has 7 heteroatoms. The summed E-state index contributed by atoms with van der Waals surface area (Å²) in [4.78, 5) is 38.1. The first-order valence-corrected chi connectivity index (χ1v) is 11.1. The molecule has 1 aliphatic rings. The Morgan fingerprint density at radius 2 is 1.78 bits per heavy atom. The van der Waals surface area contributed by atoms with Gasteiger partial charge in [0, 0.05) is 37.3 Å². The summed E-state index contributed by atoms with van der Waals surface area (Å²) >= 11 is 0. The van der Waals surface area contributed by atoms with Gasteiger partial charge in [-0.25, -0.2) is 0 Å². The van der Waals surface area contributed by atoms with Gasteiger partial charge in [0.15, 0.2) is 6.61 Å². The Morgan fingerprint density at radius 1 is 1.06 bits per heavy atom. The van der Waals surface area contributed by atoms with Crippen LogP contribution < -0.4 is 15.4 Å². The van der Waals surface area contributed by atoms with Crippen molar-refractivity contribution in [2.45, 2.75) is 45.6 Å². The normalized spacial score (nSPS) is 14.0. The van der Waals surface area contributed by atoms with Gasteiger partial charge in [0.1, 0.15) is 5.75 Å². The summed E-state index contributed by atoms with van der Waals surface area (Å²) in [6.45, 7) is 4.67. The van der Waals surface area contributed by atoms with Gasteiger partial charge in [-0.15, -0.1) is 0 Å². The molecule has 0 unspecified atom stereocenters. The highest BCUT2D eigenvalue weighted by Crippen LogP contribution is 2.17. The van der Waals surface area contributed by atoms with E-state index in [4.69, 9.17) is 4.74 Å². The average molecular weight is 438 g/mol. The summed E-state index contributed by atoms with van der Waals surface area (Å²) in [6, 6.07) is 14.8. The maximum absolute atomic E-state index is 12.8. The third-order valence-corrected chi connectivity index (χ3v) is 5.41. The molecule has 1 fully saturated rings. The van der Waals surface area contributed by atoms with Crippen LogP contribution in [0.5, 0.6) is 5.75 Å². The predicted octanol–water partition coefficient (Wildman–Crippen LogP) is 3.40. The lowest BCUT2D eigenvalue weighted by Crippen LogP contribution is -2.47. The molecular formula is C25H31N3O4. The number of aryl methyl sites for hydroxylation is 1. The average Bonchev–Trinajstić information content (AvgIpc) is 2.79. The summed E-state index contributed by atoms with van der Waals surface area (Å²) in [7, 11) is 0. The molecule has 0 aromatic heterocycles. The van der Waals surface area contributed by atoms with Crippen LogP contribution in [0, 0.1) is 0 Å². The number of likely N-dealkylation sites (tertiary alicyclic amines) is 1. The molecule has 3 rings (SSSR count). The molecule has 0 spiro atoms. The number of hydrogen-bond acceptors (Lipinski definition) is 4. The van der Waals surface area contributed by atoms with Gasteiger partial charge in [-0.05, 0) is 55.2 Å². The van der Waals surface area contributed by atoms with Gasteiger partial charge in [-0.3, -0.25) is 14.4 Å². The number of amides is 3. The van der Waals surface area contributed by atoms with E-state index in [-0.39, 0.29) is 30.4 Å². The van der Waals surface area contributed by atoms with E-state index in [0.29, 0.717) is 42.9 Å². The summed E-state index contributed by atoms with van der Waals surface area (Å²) in [5, 5.41) is 5.70. The van der Waals surface area contributed by atoms with Crippen LogP contribution in [-0.2, 0) is 16.0 Å². The Kier molecular flexibility index (Phi) is 8.25. The number of ether oxygens (including phenoxy) is 1. The number of benzene rings is 2. The molecule has 32 heavy (non-hydrogen) atoms. The third-order valence-electron chi connectivity index (χ3n) is 5.41. The summed E-state index contributed by atoms with van der Waals surface area (Å²) in [6.07, 6.45) is 3.50. The fourth-order valence-corrected chi connectivity index (χ4v) is 3.80. The Morgan fingerprint density at radius 3 is 2.44 bits per heavy atom. The summed E-state index contributed by atoms with van der Waals surface area (Å²) < 4.78 is 5.59. The number of carbonyl (C=O) groups is 3. The number of rotatable bonds is 8. The van der Waals surface area contributed by atoms with E-state index in [1.165, 1.54) is 12.5 Å². The molecule has 2 aromatic rings. The van der Waals surface area contributed by atoms with Gasteiger partial charge in [0.25, 0.3) is 11.8 Å². The fraction of sp³-hybridized carbons (Fsp3) is 0.400. The van der Waals surface area contributed by atoms with Gasteiger partial charge >= 0.3 is 0 Å². The van der Waals surface area contributed by atoms with Gasteiger partial charge in [-0.2, -0.15) is 0 Å². The van der Waals surface area contributed by atoms with Gasteiger partial charge < -0.3 is 20.3 Å². The van der Waals surface area contributed by atoms with Crippen LogP contribution in [0.25, 0.3) is 0 Å². The quantitative estimate of drug-likeness (QED) is 0.663. The predicted molar refractivity (Wildman–Crippen MR) is 124 cm³/mol. The van der Waals surface area contributed by atoms with Crippen molar-refractivity contribution in [1.82, 2.24) is 10.2 Å². The van der Waals surface area contributed by atoms with Crippen molar-refractivity contribution in [2.24, 2.45) is 0 Å². The van der Waals surface area contributed by atoms with Gasteiger partial charge in [0.05, 0.1) is 0 Å². The highest BCUT2D eigenvalue weighted by Gasteiger charge is 2.25. The minimum Gasteiger partial charge on any atom is -0.484 e. The maximum atomic E-state index is 12.8. The second-order valence-electron chi connectivity index (χ2n) is 8.08. The van der Waals surface area contributed by atoms with Gasteiger partial charge in [-0.1, -0.05) is 31.5 Å². The standard InChI is InChI=1S/C25H31N3O4/c1-3-5-19-8-10-23(11-9-19)32-17-24(30)27-21-12-14-28(15-13-21)25(31)20-6-4-7-22(16-20)26-18(2)29/h4,6-11,16,21H,3,5,12-15,17H2,1-2H3,(H,26,29)(H,27,30). The number of carbonyl (C=O) groups excluding carboxylic acids is 3. The van der Waals surface area contributed by atoms with E-state index in [1.807, 2.05) is 24.3 Å². The van der Waals surface area contributed by atoms with Crippen LogP contribution >= 0.6 is 0 Å². The monoisotopic (exact) mass is 437 g/mol. The molecular weight excluding hydrogens is 406 g/mol. The molecule has 0 bridgehead atoms. The first kappa shape index (κ1) is 23.3. The topological polar surface area (TPSA) is 87.7 Å². The Labute approximate surface area is 189 Å². The van der Waals surface area contributed by atoms with E-state index in [2.05, 4.69) is 17.6 Å². The smallest absolute Gasteiger partial charge is 0.258 e. The lowest BCUT2D eigenvalue weighted by atomic mass is 10.0. The third kappa shape index (κ3) is 6.83. The van der Waals surface area contributed by atoms with E-state index < -0.39 is 0 Å². The molecule has 1 aliphatic heterocycles. The molecule has 2 aromatic carbocycles. The first-order valence-electron chi connectivity index (χ1n) is 11.1. The molecule has 1 heterocycles. The van der Waals surface area contributed by atoms with Crippen LogP contribution in [0.3, 0.4) is 0 Å². The SMILES string of the molecule is CCCc1ccc(OCC(=O)NC2CCN(C(=O)c3cccc(NC(C)=O)c3)CC2)cc1. The van der Waals surface area contributed by atoms with Crippen LogP contribution in [0.15, 0.2) is 48.5 Å². The highest BCUT2D eigenvalue weighted by atomic mass is 16.5. The molecule has 3 amide bonds. The van der Waals surface area contributed by atoms with Crippen LogP contribution in [0.1, 0.15) is 49.0 Å². The van der Waals surface area contributed by atoms with E-state index in [1.54, 1.807) is 29.2 Å². The maximum Gasteiger partial charge on any atom is 0.258 e. The zero-order valence-electron chi connectivity index (χ0n) is 18.7.